The summed E-state index contributed by atoms with van der Waals surface area (Å²) in [5.41, 5.74) is 2.81. The zero-order valence-corrected chi connectivity index (χ0v) is 15.8. The number of imidazole rings is 1. The van der Waals surface area contributed by atoms with Crippen molar-refractivity contribution in [3.63, 3.8) is 0 Å². The summed E-state index contributed by atoms with van der Waals surface area (Å²) in [7, 11) is 0. The first-order valence-corrected chi connectivity index (χ1v) is 9.26. The fourth-order valence-electron chi connectivity index (χ4n) is 3.44. The number of rotatable bonds is 6. The average molecular weight is 383 g/mol. The molecule has 0 atom stereocenters. The zero-order chi connectivity index (χ0) is 19.7. The minimum absolute atomic E-state index is 0.144. The molecule has 0 radical (unpaired) electrons. The van der Waals surface area contributed by atoms with Crippen LogP contribution >= 0.6 is 0 Å². The lowest BCUT2D eigenvalue weighted by atomic mass is 9.99. The molecule has 0 fully saturated rings. The summed E-state index contributed by atoms with van der Waals surface area (Å²) in [6.45, 7) is 6.44. The number of anilines is 1. The second-order valence-electron chi connectivity index (χ2n) is 6.44. The lowest BCUT2D eigenvalue weighted by Crippen LogP contribution is -2.31. The summed E-state index contributed by atoms with van der Waals surface area (Å²) in [6.07, 6.45) is 2.05. The number of hydrogen-bond acceptors (Lipinski definition) is 7. The van der Waals surface area contributed by atoms with Crippen molar-refractivity contribution in [3.8, 4) is 11.5 Å². The highest BCUT2D eigenvalue weighted by Crippen LogP contribution is 2.34. The fraction of sp³-hybridized carbons (Fsp3) is 0.368. The van der Waals surface area contributed by atoms with Gasteiger partial charge in [0, 0.05) is 19.2 Å². The van der Waals surface area contributed by atoms with Crippen molar-refractivity contribution in [1.82, 2.24) is 14.6 Å². The molecule has 1 aliphatic heterocycles. The van der Waals surface area contributed by atoms with Crippen molar-refractivity contribution in [2.45, 2.75) is 26.8 Å². The van der Waals surface area contributed by atoms with Crippen LogP contribution in [0.3, 0.4) is 0 Å². The molecule has 0 unspecified atom stereocenters. The molecule has 28 heavy (non-hydrogen) atoms. The summed E-state index contributed by atoms with van der Waals surface area (Å²) in [6, 6.07) is 7.66. The first-order chi connectivity index (χ1) is 13.6. The third-order valence-corrected chi connectivity index (χ3v) is 4.72. The summed E-state index contributed by atoms with van der Waals surface area (Å²) in [4.78, 5) is 16.8. The first kappa shape index (κ1) is 18.0. The Morgan fingerprint density at radius 3 is 2.54 bits per heavy atom. The number of nitro groups is 1. The Hall–Kier alpha value is -3.36. The van der Waals surface area contributed by atoms with Gasteiger partial charge in [-0.2, -0.15) is 0 Å². The number of benzene rings is 1. The Morgan fingerprint density at radius 2 is 1.86 bits per heavy atom. The van der Waals surface area contributed by atoms with Crippen molar-refractivity contribution in [1.29, 1.82) is 0 Å². The van der Waals surface area contributed by atoms with Crippen LogP contribution in [-0.4, -0.2) is 39.3 Å². The van der Waals surface area contributed by atoms with Crippen molar-refractivity contribution >= 4 is 17.3 Å². The average Bonchev–Trinajstić information content (AvgIpc) is 3.12. The highest BCUT2D eigenvalue weighted by molar-refractivity contribution is 5.54. The molecule has 2 aromatic heterocycles. The van der Waals surface area contributed by atoms with Crippen molar-refractivity contribution in [2.75, 3.05) is 24.7 Å². The van der Waals surface area contributed by atoms with E-state index >= 15 is 0 Å². The van der Waals surface area contributed by atoms with Crippen molar-refractivity contribution in [2.24, 2.45) is 0 Å². The molecule has 0 saturated carbocycles. The van der Waals surface area contributed by atoms with E-state index in [-0.39, 0.29) is 5.82 Å². The van der Waals surface area contributed by atoms with Crippen LogP contribution in [0.4, 0.5) is 11.6 Å². The molecule has 1 aromatic carbocycles. The van der Waals surface area contributed by atoms with E-state index in [0.717, 1.165) is 30.0 Å². The van der Waals surface area contributed by atoms with Gasteiger partial charge < -0.3 is 24.5 Å². The minimum atomic E-state index is -0.480. The molecule has 0 spiro atoms. The van der Waals surface area contributed by atoms with Crippen LogP contribution in [0, 0.1) is 10.1 Å². The number of nitrogens with zero attached hydrogens (tertiary/aromatic N) is 5. The summed E-state index contributed by atoms with van der Waals surface area (Å²) in [5.74, 6) is 2.03. The van der Waals surface area contributed by atoms with Gasteiger partial charge in [-0.05, 0) is 54.5 Å². The lowest BCUT2D eigenvalue weighted by Gasteiger charge is -2.30. The third kappa shape index (κ3) is 3.19. The van der Waals surface area contributed by atoms with Gasteiger partial charge in [0.1, 0.15) is 6.20 Å². The Labute approximate surface area is 161 Å². The maximum Gasteiger partial charge on any atom is 0.368 e. The van der Waals surface area contributed by atoms with Crippen LogP contribution in [0.15, 0.2) is 30.5 Å². The van der Waals surface area contributed by atoms with Crippen molar-refractivity contribution < 1.29 is 14.4 Å². The maximum atomic E-state index is 11.2. The molecule has 1 aliphatic rings. The highest BCUT2D eigenvalue weighted by Gasteiger charge is 2.23. The minimum Gasteiger partial charge on any atom is -0.490 e. The standard InChI is InChI=1S/C19H21N5O4/c1-3-27-15-9-13-7-8-22(12-14(13)10-16(15)28-4-2)18-6-5-17-20-11-19(24(25)26)23(17)21-18/h5-6,9-11H,3-4,7-8,12H2,1-2H3. The van der Waals surface area contributed by atoms with Crippen LogP contribution < -0.4 is 14.4 Å². The van der Waals surface area contributed by atoms with Crippen LogP contribution in [0.2, 0.25) is 0 Å². The number of aromatic nitrogens is 3. The Bertz CT molecular complexity index is 1030. The second-order valence-corrected chi connectivity index (χ2v) is 6.44. The summed E-state index contributed by atoms with van der Waals surface area (Å²) >= 11 is 0. The van der Waals surface area contributed by atoms with Gasteiger partial charge in [0.2, 0.25) is 5.65 Å². The van der Waals surface area contributed by atoms with Gasteiger partial charge >= 0.3 is 5.82 Å². The Balaban J connectivity index is 1.66. The van der Waals surface area contributed by atoms with Crippen molar-refractivity contribution in [3.05, 3.63) is 51.7 Å². The van der Waals surface area contributed by atoms with E-state index in [0.29, 0.717) is 31.2 Å². The highest BCUT2D eigenvalue weighted by atomic mass is 16.6. The van der Waals surface area contributed by atoms with E-state index in [1.165, 1.54) is 16.3 Å². The molecular weight excluding hydrogens is 362 g/mol. The molecule has 0 aliphatic carbocycles. The molecule has 146 valence electrons. The number of fused-ring (bicyclic) bond motifs is 2. The monoisotopic (exact) mass is 383 g/mol. The van der Waals surface area contributed by atoms with Crippen LogP contribution in [-0.2, 0) is 13.0 Å². The molecule has 0 amide bonds. The quantitative estimate of drug-likeness (QED) is 0.477. The first-order valence-electron chi connectivity index (χ1n) is 9.26. The van der Waals surface area contributed by atoms with Crippen LogP contribution in [0.25, 0.3) is 5.65 Å². The molecule has 3 aromatic rings. The van der Waals surface area contributed by atoms with Gasteiger partial charge in [-0.1, -0.05) is 9.61 Å². The van der Waals surface area contributed by atoms with E-state index in [1.807, 2.05) is 26.0 Å². The topological polar surface area (TPSA) is 95.0 Å². The Morgan fingerprint density at radius 1 is 1.14 bits per heavy atom. The van der Waals surface area contributed by atoms with Gasteiger partial charge in [-0.25, -0.2) is 4.98 Å². The van der Waals surface area contributed by atoms with Gasteiger partial charge in [0.25, 0.3) is 0 Å². The molecular formula is C19H21N5O4. The largest absolute Gasteiger partial charge is 0.490 e. The lowest BCUT2D eigenvalue weighted by molar-refractivity contribution is -0.391. The van der Waals surface area contributed by atoms with Gasteiger partial charge in [0.05, 0.1) is 13.2 Å². The van der Waals surface area contributed by atoms with Crippen LogP contribution in [0.5, 0.6) is 11.5 Å². The van der Waals surface area contributed by atoms with E-state index in [9.17, 15) is 10.1 Å². The Kier molecular flexibility index (Phi) is 4.72. The third-order valence-electron chi connectivity index (χ3n) is 4.72. The predicted molar refractivity (Wildman–Crippen MR) is 103 cm³/mol. The molecule has 0 saturated heterocycles. The van der Waals surface area contributed by atoms with E-state index < -0.39 is 4.92 Å². The normalized spacial score (nSPS) is 13.4. The van der Waals surface area contributed by atoms with Crippen LogP contribution in [0.1, 0.15) is 25.0 Å². The second kappa shape index (κ2) is 7.34. The summed E-state index contributed by atoms with van der Waals surface area (Å²) < 4.78 is 12.7. The maximum absolute atomic E-state index is 11.2. The zero-order valence-electron chi connectivity index (χ0n) is 15.8. The molecule has 4 rings (SSSR count). The molecule has 3 heterocycles. The predicted octanol–water partition coefficient (Wildman–Crippen LogP) is 3.00. The van der Waals surface area contributed by atoms with Gasteiger partial charge in [-0.3, -0.25) is 0 Å². The molecule has 0 bridgehead atoms. The molecule has 9 heteroatoms. The smallest absolute Gasteiger partial charge is 0.368 e. The fourth-order valence-corrected chi connectivity index (χ4v) is 3.44. The van der Waals surface area contributed by atoms with Gasteiger partial charge in [0.15, 0.2) is 17.3 Å². The number of hydrogen-bond donors (Lipinski definition) is 0. The van der Waals surface area contributed by atoms with E-state index in [4.69, 9.17) is 9.47 Å². The molecule has 0 N–H and O–H groups in total. The summed E-state index contributed by atoms with van der Waals surface area (Å²) in [5, 5.41) is 15.6. The van der Waals surface area contributed by atoms with E-state index in [1.54, 1.807) is 6.07 Å². The van der Waals surface area contributed by atoms with Gasteiger partial charge in [-0.15, -0.1) is 0 Å². The SMILES string of the molecule is CCOc1cc2c(cc1OCC)CN(c1ccc3ncc([N+](=O)[O-])n3n1)CC2. The van der Waals surface area contributed by atoms with E-state index in [2.05, 4.69) is 21.0 Å². The molecule has 9 nitrogen and oxygen atoms in total. The number of ether oxygens (including phenoxy) is 2.